The Balaban J connectivity index is 1.39. The van der Waals surface area contributed by atoms with E-state index in [0.29, 0.717) is 22.6 Å². The summed E-state index contributed by atoms with van der Waals surface area (Å²) in [6.07, 6.45) is 1.68. The number of carbonyl (C=O) groups excluding carboxylic acids is 1. The first-order valence-corrected chi connectivity index (χ1v) is 8.49. The third kappa shape index (κ3) is 3.98. The van der Waals surface area contributed by atoms with Crippen LogP contribution in [0.1, 0.15) is 15.9 Å². The third-order valence-electron chi connectivity index (χ3n) is 4.14. The molecule has 1 amide bonds. The predicted octanol–water partition coefficient (Wildman–Crippen LogP) is 4.67. The number of nitrogens with one attached hydrogen (secondary N) is 2. The van der Waals surface area contributed by atoms with E-state index >= 15 is 0 Å². The van der Waals surface area contributed by atoms with Gasteiger partial charge in [-0.05, 0) is 60.2 Å². The summed E-state index contributed by atoms with van der Waals surface area (Å²) in [4.78, 5) is 12.4. The molecule has 4 aromatic rings. The maximum atomic E-state index is 13.2. The second-order valence-corrected chi connectivity index (χ2v) is 6.22. The second-order valence-electron chi connectivity index (χ2n) is 6.22. The van der Waals surface area contributed by atoms with Gasteiger partial charge in [-0.3, -0.25) is 9.89 Å². The Kier molecular flexibility index (Phi) is 4.72. The number of rotatable bonds is 5. The summed E-state index contributed by atoms with van der Waals surface area (Å²) in [5.41, 5.74) is 2.38. The highest BCUT2D eigenvalue weighted by Crippen LogP contribution is 2.19. The molecule has 1 aromatic heterocycles. The molecule has 2 N–H and O–H groups in total. The fourth-order valence-electron chi connectivity index (χ4n) is 2.79. The Hall–Kier alpha value is -3.74. The number of halogens is 2. The molecule has 0 atom stereocenters. The number of hydrogen-bond acceptors (Lipinski definition) is 3. The standard InChI is InChI=1S/C21H15F2N3O2/c22-16-7-13(8-17(23)10-16)12-28-19-4-1-14(2-5-19)21(27)25-18-3-6-20-15(9-18)11-24-26-20/h1-11H,12H2,(H,24,26)(H,25,27). The predicted molar refractivity (Wildman–Crippen MR) is 101 cm³/mol. The number of fused-ring (bicyclic) bond motifs is 1. The summed E-state index contributed by atoms with van der Waals surface area (Å²) < 4.78 is 31.9. The van der Waals surface area contributed by atoms with Crippen LogP contribution in [0.3, 0.4) is 0 Å². The van der Waals surface area contributed by atoms with Gasteiger partial charge in [-0.1, -0.05) is 0 Å². The van der Waals surface area contributed by atoms with E-state index in [9.17, 15) is 13.6 Å². The van der Waals surface area contributed by atoms with Crippen molar-refractivity contribution in [1.29, 1.82) is 0 Å². The first kappa shape index (κ1) is 17.7. The smallest absolute Gasteiger partial charge is 0.255 e. The summed E-state index contributed by atoms with van der Waals surface area (Å²) in [5, 5.41) is 10.5. The van der Waals surface area contributed by atoms with Crippen LogP contribution in [-0.4, -0.2) is 16.1 Å². The fourth-order valence-corrected chi connectivity index (χ4v) is 2.79. The number of hydrogen-bond donors (Lipinski definition) is 2. The number of anilines is 1. The monoisotopic (exact) mass is 379 g/mol. The van der Waals surface area contributed by atoms with E-state index < -0.39 is 11.6 Å². The molecule has 0 fully saturated rings. The number of benzene rings is 3. The van der Waals surface area contributed by atoms with E-state index in [4.69, 9.17) is 4.74 Å². The number of aromatic nitrogens is 2. The van der Waals surface area contributed by atoms with Gasteiger partial charge in [0.15, 0.2) is 0 Å². The van der Waals surface area contributed by atoms with Gasteiger partial charge < -0.3 is 10.1 Å². The van der Waals surface area contributed by atoms with Crippen LogP contribution in [0.25, 0.3) is 10.9 Å². The summed E-state index contributed by atoms with van der Waals surface area (Å²) in [7, 11) is 0. The van der Waals surface area contributed by atoms with Gasteiger partial charge in [0.05, 0.1) is 11.7 Å². The molecule has 0 aliphatic rings. The lowest BCUT2D eigenvalue weighted by molar-refractivity contribution is 0.102. The second kappa shape index (κ2) is 7.48. The molecule has 0 bridgehead atoms. The van der Waals surface area contributed by atoms with Crippen molar-refractivity contribution in [2.24, 2.45) is 0 Å². The molecule has 140 valence electrons. The van der Waals surface area contributed by atoms with Crippen molar-refractivity contribution in [3.63, 3.8) is 0 Å². The minimum atomic E-state index is -0.653. The molecular formula is C21H15F2N3O2. The molecule has 4 rings (SSSR count). The molecule has 0 unspecified atom stereocenters. The number of aromatic amines is 1. The minimum Gasteiger partial charge on any atom is -0.489 e. The van der Waals surface area contributed by atoms with Crippen LogP contribution < -0.4 is 10.1 Å². The molecule has 0 spiro atoms. The quantitative estimate of drug-likeness (QED) is 0.529. The van der Waals surface area contributed by atoms with E-state index in [1.54, 1.807) is 36.5 Å². The highest BCUT2D eigenvalue weighted by molar-refractivity contribution is 6.05. The van der Waals surface area contributed by atoms with Crippen LogP contribution in [-0.2, 0) is 6.61 Å². The summed E-state index contributed by atoms with van der Waals surface area (Å²) >= 11 is 0. The molecule has 7 heteroatoms. The Morgan fingerprint density at radius 1 is 1.00 bits per heavy atom. The number of amides is 1. The number of nitrogens with zero attached hydrogens (tertiary/aromatic N) is 1. The Morgan fingerprint density at radius 2 is 1.75 bits per heavy atom. The van der Waals surface area contributed by atoms with Crippen LogP contribution in [0.2, 0.25) is 0 Å². The van der Waals surface area contributed by atoms with Gasteiger partial charge in [0.25, 0.3) is 5.91 Å². The highest BCUT2D eigenvalue weighted by Gasteiger charge is 2.08. The van der Waals surface area contributed by atoms with Gasteiger partial charge in [0, 0.05) is 22.7 Å². The van der Waals surface area contributed by atoms with Crippen LogP contribution in [0.15, 0.2) is 66.9 Å². The SMILES string of the molecule is O=C(Nc1ccc2[nH]ncc2c1)c1ccc(OCc2cc(F)cc(F)c2)cc1. The third-order valence-corrected chi connectivity index (χ3v) is 4.14. The molecule has 0 saturated heterocycles. The Labute approximate surface area is 159 Å². The number of carbonyl (C=O) groups is 1. The first-order chi connectivity index (χ1) is 13.6. The zero-order chi connectivity index (χ0) is 19.5. The van der Waals surface area contributed by atoms with Gasteiger partial charge in [0.1, 0.15) is 24.0 Å². The molecule has 0 saturated carbocycles. The summed E-state index contributed by atoms with van der Waals surface area (Å²) in [6, 6.07) is 15.2. The lowest BCUT2D eigenvalue weighted by atomic mass is 10.2. The molecule has 1 heterocycles. The van der Waals surface area contributed by atoms with Crippen molar-refractivity contribution in [1.82, 2.24) is 10.2 Å². The van der Waals surface area contributed by atoms with Crippen LogP contribution in [0, 0.1) is 11.6 Å². The number of ether oxygens (including phenoxy) is 1. The van der Waals surface area contributed by atoms with Crippen molar-refractivity contribution < 1.29 is 18.3 Å². The molecule has 5 nitrogen and oxygen atoms in total. The van der Waals surface area contributed by atoms with Crippen molar-refractivity contribution in [3.8, 4) is 5.75 Å². The lowest BCUT2D eigenvalue weighted by Gasteiger charge is -2.09. The van der Waals surface area contributed by atoms with Gasteiger partial charge in [-0.15, -0.1) is 0 Å². The lowest BCUT2D eigenvalue weighted by Crippen LogP contribution is -2.11. The van der Waals surface area contributed by atoms with Crippen molar-refractivity contribution in [2.45, 2.75) is 6.61 Å². The molecule has 3 aromatic carbocycles. The topological polar surface area (TPSA) is 67.0 Å². The average Bonchev–Trinajstić information content (AvgIpc) is 3.14. The van der Waals surface area contributed by atoms with Crippen LogP contribution >= 0.6 is 0 Å². The summed E-state index contributed by atoms with van der Waals surface area (Å²) in [6.45, 7) is 0.0188. The Bertz CT molecular complexity index is 1120. The van der Waals surface area contributed by atoms with E-state index in [2.05, 4.69) is 15.5 Å². The maximum absolute atomic E-state index is 13.2. The zero-order valence-corrected chi connectivity index (χ0v) is 14.6. The fraction of sp³-hybridized carbons (Fsp3) is 0.0476. The van der Waals surface area contributed by atoms with E-state index in [1.807, 2.05) is 12.1 Å². The average molecular weight is 379 g/mol. The normalized spacial score (nSPS) is 10.8. The summed E-state index contributed by atoms with van der Waals surface area (Å²) in [5.74, 6) is -1.08. The first-order valence-electron chi connectivity index (χ1n) is 8.49. The minimum absolute atomic E-state index is 0.0188. The van der Waals surface area contributed by atoms with Gasteiger partial charge in [-0.25, -0.2) is 8.78 Å². The van der Waals surface area contributed by atoms with Gasteiger partial charge in [-0.2, -0.15) is 5.10 Å². The van der Waals surface area contributed by atoms with Crippen molar-refractivity contribution in [3.05, 3.63) is 89.6 Å². The largest absolute Gasteiger partial charge is 0.489 e. The van der Waals surface area contributed by atoms with Crippen molar-refractivity contribution >= 4 is 22.5 Å². The molecule has 0 radical (unpaired) electrons. The molecule has 28 heavy (non-hydrogen) atoms. The van der Waals surface area contributed by atoms with E-state index in [1.165, 1.54) is 12.1 Å². The van der Waals surface area contributed by atoms with Crippen LogP contribution in [0.4, 0.5) is 14.5 Å². The number of H-pyrrole nitrogens is 1. The highest BCUT2D eigenvalue weighted by atomic mass is 19.1. The zero-order valence-electron chi connectivity index (χ0n) is 14.6. The van der Waals surface area contributed by atoms with Crippen molar-refractivity contribution in [2.75, 3.05) is 5.32 Å². The van der Waals surface area contributed by atoms with Gasteiger partial charge >= 0.3 is 0 Å². The molecule has 0 aliphatic heterocycles. The maximum Gasteiger partial charge on any atom is 0.255 e. The van der Waals surface area contributed by atoms with Crippen LogP contribution in [0.5, 0.6) is 5.75 Å². The van der Waals surface area contributed by atoms with Gasteiger partial charge in [0.2, 0.25) is 0 Å². The Morgan fingerprint density at radius 3 is 2.50 bits per heavy atom. The molecule has 0 aliphatic carbocycles. The van der Waals surface area contributed by atoms with E-state index in [0.717, 1.165) is 17.0 Å². The molecular weight excluding hydrogens is 364 g/mol. The van der Waals surface area contributed by atoms with E-state index in [-0.39, 0.29) is 12.5 Å².